The van der Waals surface area contributed by atoms with Gasteiger partial charge in [-0.2, -0.15) is 0 Å². The van der Waals surface area contributed by atoms with Crippen LogP contribution in [0.2, 0.25) is 0 Å². The number of carbonyl (C=O) groups excluding carboxylic acids is 1. The third kappa shape index (κ3) is 5.19. The van der Waals surface area contributed by atoms with Gasteiger partial charge >= 0.3 is 0 Å². The van der Waals surface area contributed by atoms with Crippen LogP contribution >= 0.6 is 0 Å². The first-order valence-corrected chi connectivity index (χ1v) is 6.40. The van der Waals surface area contributed by atoms with Gasteiger partial charge in [0.25, 0.3) is 5.91 Å². The van der Waals surface area contributed by atoms with Crippen molar-refractivity contribution in [1.82, 2.24) is 5.32 Å². The van der Waals surface area contributed by atoms with Crippen LogP contribution in [-0.4, -0.2) is 25.1 Å². The lowest BCUT2D eigenvalue weighted by molar-refractivity contribution is 0.0952. The van der Waals surface area contributed by atoms with Crippen molar-refractivity contribution >= 4 is 5.91 Å². The smallest absolute Gasteiger partial charge is 0.251 e. The number of rotatable bonds is 7. The molecule has 0 bridgehead atoms. The molecule has 4 heteroatoms. The molecule has 1 amide bonds. The molecule has 4 nitrogen and oxygen atoms in total. The zero-order valence-electron chi connectivity index (χ0n) is 11.1. The maximum atomic E-state index is 11.8. The third-order valence-corrected chi connectivity index (χ3v) is 2.45. The van der Waals surface area contributed by atoms with Crippen LogP contribution in [0.4, 0.5) is 0 Å². The summed E-state index contributed by atoms with van der Waals surface area (Å²) in [6, 6.07) is 7.32. The molecule has 100 valence electrons. The van der Waals surface area contributed by atoms with E-state index in [0.717, 1.165) is 18.6 Å². The second-order valence-electron chi connectivity index (χ2n) is 4.40. The van der Waals surface area contributed by atoms with E-state index < -0.39 is 0 Å². The zero-order chi connectivity index (χ0) is 13.4. The summed E-state index contributed by atoms with van der Waals surface area (Å²) < 4.78 is 5.49. The van der Waals surface area contributed by atoms with Crippen LogP contribution in [0.3, 0.4) is 0 Å². The molecule has 1 atom stereocenters. The maximum Gasteiger partial charge on any atom is 0.251 e. The number of ether oxygens (including phenoxy) is 1. The van der Waals surface area contributed by atoms with Gasteiger partial charge in [-0.25, -0.2) is 0 Å². The van der Waals surface area contributed by atoms with Crippen LogP contribution in [0, 0.1) is 0 Å². The molecule has 0 saturated carbocycles. The van der Waals surface area contributed by atoms with Crippen LogP contribution in [0.15, 0.2) is 24.3 Å². The summed E-state index contributed by atoms with van der Waals surface area (Å²) in [6.07, 6.45) is 1.72. The maximum absolute atomic E-state index is 11.8. The summed E-state index contributed by atoms with van der Waals surface area (Å²) in [5.74, 6) is 0.647. The molecule has 1 aromatic rings. The van der Waals surface area contributed by atoms with E-state index in [0.29, 0.717) is 18.7 Å². The molecule has 0 fully saturated rings. The summed E-state index contributed by atoms with van der Waals surface area (Å²) in [6.45, 7) is 5.22. The molecule has 0 heterocycles. The molecular weight excluding hydrogens is 228 g/mol. The summed E-state index contributed by atoms with van der Waals surface area (Å²) >= 11 is 0. The van der Waals surface area contributed by atoms with E-state index in [-0.39, 0.29) is 11.9 Å². The van der Waals surface area contributed by atoms with Crippen molar-refractivity contribution in [3.63, 3.8) is 0 Å². The molecule has 1 unspecified atom stereocenters. The predicted molar refractivity (Wildman–Crippen MR) is 72.8 cm³/mol. The molecule has 0 aliphatic rings. The van der Waals surface area contributed by atoms with Gasteiger partial charge < -0.3 is 15.8 Å². The minimum Gasteiger partial charge on any atom is -0.494 e. The van der Waals surface area contributed by atoms with E-state index in [2.05, 4.69) is 5.32 Å². The Morgan fingerprint density at radius 2 is 2.28 bits per heavy atom. The first kappa shape index (κ1) is 14.5. The second kappa shape index (κ2) is 7.71. The molecule has 18 heavy (non-hydrogen) atoms. The minimum absolute atomic E-state index is 0.0856. The number of hydrogen-bond acceptors (Lipinski definition) is 3. The van der Waals surface area contributed by atoms with Crippen molar-refractivity contribution in [3.8, 4) is 5.75 Å². The summed E-state index contributed by atoms with van der Waals surface area (Å²) in [5.41, 5.74) is 6.24. The van der Waals surface area contributed by atoms with Crippen molar-refractivity contribution in [2.45, 2.75) is 32.7 Å². The van der Waals surface area contributed by atoms with Gasteiger partial charge in [0.15, 0.2) is 0 Å². The highest BCUT2D eigenvalue weighted by Gasteiger charge is 2.06. The van der Waals surface area contributed by atoms with Gasteiger partial charge in [-0.05, 0) is 38.0 Å². The summed E-state index contributed by atoms with van der Waals surface area (Å²) in [7, 11) is 0. The number of nitrogens with two attached hydrogens (primary N) is 1. The highest BCUT2D eigenvalue weighted by molar-refractivity contribution is 5.94. The minimum atomic E-state index is -0.0856. The van der Waals surface area contributed by atoms with Crippen LogP contribution < -0.4 is 15.8 Å². The van der Waals surface area contributed by atoms with E-state index in [1.54, 1.807) is 12.1 Å². The highest BCUT2D eigenvalue weighted by Crippen LogP contribution is 2.13. The van der Waals surface area contributed by atoms with Crippen molar-refractivity contribution in [3.05, 3.63) is 29.8 Å². The molecule has 1 rings (SSSR count). The Hall–Kier alpha value is -1.55. The van der Waals surface area contributed by atoms with Crippen LogP contribution in [0.25, 0.3) is 0 Å². The Kier molecular flexibility index (Phi) is 6.22. The van der Waals surface area contributed by atoms with Crippen molar-refractivity contribution in [2.24, 2.45) is 5.73 Å². The molecule has 0 radical (unpaired) electrons. The van der Waals surface area contributed by atoms with Gasteiger partial charge in [-0.1, -0.05) is 13.0 Å². The highest BCUT2D eigenvalue weighted by atomic mass is 16.5. The lowest BCUT2D eigenvalue weighted by Crippen LogP contribution is -2.28. The molecule has 0 saturated heterocycles. The van der Waals surface area contributed by atoms with E-state index in [4.69, 9.17) is 10.5 Å². The van der Waals surface area contributed by atoms with Crippen LogP contribution in [-0.2, 0) is 0 Å². The SMILES string of the molecule is CCCOc1cccc(C(=O)NCCC(C)N)c1. The summed E-state index contributed by atoms with van der Waals surface area (Å²) in [4.78, 5) is 11.8. The molecule has 0 aliphatic carbocycles. The van der Waals surface area contributed by atoms with Gasteiger partial charge in [-0.3, -0.25) is 4.79 Å². The number of benzene rings is 1. The van der Waals surface area contributed by atoms with Gasteiger partial charge in [-0.15, -0.1) is 0 Å². The molecule has 3 N–H and O–H groups in total. The van der Waals surface area contributed by atoms with E-state index >= 15 is 0 Å². The lowest BCUT2D eigenvalue weighted by atomic mass is 10.2. The first-order valence-electron chi connectivity index (χ1n) is 6.40. The van der Waals surface area contributed by atoms with E-state index in [1.807, 2.05) is 26.0 Å². The average molecular weight is 250 g/mol. The zero-order valence-corrected chi connectivity index (χ0v) is 11.1. The largest absolute Gasteiger partial charge is 0.494 e. The Morgan fingerprint density at radius 1 is 1.50 bits per heavy atom. The normalized spacial score (nSPS) is 11.9. The fourth-order valence-corrected chi connectivity index (χ4v) is 1.46. The Balaban J connectivity index is 2.51. The Morgan fingerprint density at radius 3 is 2.94 bits per heavy atom. The monoisotopic (exact) mass is 250 g/mol. The van der Waals surface area contributed by atoms with Gasteiger partial charge in [0, 0.05) is 18.2 Å². The van der Waals surface area contributed by atoms with Gasteiger partial charge in [0.05, 0.1) is 6.61 Å². The van der Waals surface area contributed by atoms with E-state index in [9.17, 15) is 4.79 Å². The number of hydrogen-bond donors (Lipinski definition) is 2. The standard InChI is InChI=1S/C14H22N2O2/c1-3-9-18-13-6-4-5-12(10-13)14(17)16-8-7-11(2)15/h4-6,10-11H,3,7-9,15H2,1-2H3,(H,16,17). The molecule has 0 aliphatic heterocycles. The number of carbonyl (C=O) groups is 1. The fourth-order valence-electron chi connectivity index (χ4n) is 1.46. The second-order valence-corrected chi connectivity index (χ2v) is 4.40. The van der Waals surface area contributed by atoms with Gasteiger partial charge in [0.1, 0.15) is 5.75 Å². The quantitative estimate of drug-likeness (QED) is 0.777. The van der Waals surface area contributed by atoms with Gasteiger partial charge in [0.2, 0.25) is 0 Å². The molecule has 0 spiro atoms. The fraction of sp³-hybridized carbons (Fsp3) is 0.500. The first-order chi connectivity index (χ1) is 8.63. The average Bonchev–Trinajstić information content (AvgIpc) is 2.36. The molecular formula is C14H22N2O2. The molecule has 1 aromatic carbocycles. The number of nitrogens with one attached hydrogen (secondary N) is 1. The number of amides is 1. The third-order valence-electron chi connectivity index (χ3n) is 2.45. The van der Waals surface area contributed by atoms with Crippen molar-refractivity contribution < 1.29 is 9.53 Å². The van der Waals surface area contributed by atoms with Crippen LogP contribution in [0.5, 0.6) is 5.75 Å². The lowest BCUT2D eigenvalue weighted by Gasteiger charge is -2.09. The topological polar surface area (TPSA) is 64.3 Å². The Bertz CT molecular complexity index is 378. The predicted octanol–water partition coefficient (Wildman–Crippen LogP) is 1.94. The Labute approximate surface area is 109 Å². The summed E-state index contributed by atoms with van der Waals surface area (Å²) in [5, 5.41) is 2.84. The van der Waals surface area contributed by atoms with Crippen molar-refractivity contribution in [1.29, 1.82) is 0 Å². The van der Waals surface area contributed by atoms with E-state index in [1.165, 1.54) is 0 Å². The van der Waals surface area contributed by atoms with Crippen LogP contribution in [0.1, 0.15) is 37.0 Å². The molecule has 0 aromatic heterocycles. The van der Waals surface area contributed by atoms with Crippen molar-refractivity contribution in [2.75, 3.05) is 13.2 Å².